The average molecular weight is 431 g/mol. The first-order chi connectivity index (χ1) is 14.2. The number of benzene rings is 1. The van der Waals surface area contributed by atoms with Crippen molar-refractivity contribution in [2.45, 2.75) is 18.3 Å². The quantitative estimate of drug-likeness (QED) is 0.412. The molecule has 0 saturated heterocycles. The van der Waals surface area contributed by atoms with Crippen molar-refractivity contribution in [1.29, 1.82) is 0 Å². The molecule has 0 unspecified atom stereocenters. The van der Waals surface area contributed by atoms with Gasteiger partial charge in [-0.15, -0.1) is 0 Å². The van der Waals surface area contributed by atoms with Crippen molar-refractivity contribution >= 4 is 29.4 Å². The molecule has 0 spiro atoms. The highest BCUT2D eigenvalue weighted by molar-refractivity contribution is 7.98. The Bertz CT molecular complexity index is 1180. The number of carbonyl (C=O) groups is 1. The van der Waals surface area contributed by atoms with Crippen LogP contribution in [0.15, 0.2) is 46.0 Å². The summed E-state index contributed by atoms with van der Waals surface area (Å²) < 4.78 is 46.0. The van der Waals surface area contributed by atoms with E-state index in [1.807, 2.05) is 0 Å². The third-order valence-corrected chi connectivity index (χ3v) is 5.27. The molecule has 0 atom stereocenters. The number of alkyl halides is 3. The lowest BCUT2D eigenvalue weighted by molar-refractivity contribution is -0.137. The minimum Gasteiger partial charge on any atom is -0.460 e. The lowest BCUT2D eigenvalue weighted by Crippen LogP contribution is -2.18. The summed E-state index contributed by atoms with van der Waals surface area (Å²) in [5, 5.41) is 0.385. The molecule has 1 aliphatic rings. The number of nitrogens with zero attached hydrogens (tertiary/aromatic N) is 3. The molecule has 5 nitrogen and oxygen atoms in total. The molecule has 9 heteroatoms. The summed E-state index contributed by atoms with van der Waals surface area (Å²) in [6.07, 6.45) is -1.41. The molecule has 3 aromatic rings. The van der Waals surface area contributed by atoms with Gasteiger partial charge in [-0.2, -0.15) is 13.2 Å². The number of aromatic nitrogens is 2. The monoisotopic (exact) mass is 431 g/mol. The normalized spacial score (nSPS) is 15.2. The third kappa shape index (κ3) is 3.39. The number of fused-ring (bicyclic) bond motifs is 1. The number of amides is 1. The molecule has 1 aromatic carbocycles. The predicted molar refractivity (Wildman–Crippen MR) is 108 cm³/mol. The average Bonchev–Trinajstić information content (AvgIpc) is 3.24. The molecule has 1 aliphatic heterocycles. The smallest absolute Gasteiger partial charge is 0.416 e. The fraction of sp³-hybridized carbons (Fsp3) is 0.190. The van der Waals surface area contributed by atoms with Gasteiger partial charge in [0, 0.05) is 7.05 Å². The maximum absolute atomic E-state index is 13.4. The van der Waals surface area contributed by atoms with E-state index < -0.39 is 17.6 Å². The van der Waals surface area contributed by atoms with Crippen molar-refractivity contribution in [2.75, 3.05) is 13.3 Å². The van der Waals surface area contributed by atoms with Gasteiger partial charge in [0.2, 0.25) is 0 Å². The van der Waals surface area contributed by atoms with Crippen LogP contribution in [0.2, 0.25) is 0 Å². The van der Waals surface area contributed by atoms with E-state index in [1.54, 1.807) is 25.3 Å². The Balaban J connectivity index is 1.96. The van der Waals surface area contributed by atoms with Crippen LogP contribution >= 0.6 is 11.8 Å². The number of carbonyl (C=O) groups excluding carboxylic acids is 1. The van der Waals surface area contributed by atoms with Crippen LogP contribution in [0.4, 0.5) is 13.2 Å². The van der Waals surface area contributed by atoms with Crippen LogP contribution in [0.5, 0.6) is 0 Å². The molecule has 30 heavy (non-hydrogen) atoms. The molecule has 4 rings (SSSR count). The minimum absolute atomic E-state index is 0.0489. The number of halogens is 3. The van der Waals surface area contributed by atoms with Crippen LogP contribution in [0.1, 0.15) is 32.9 Å². The van der Waals surface area contributed by atoms with Crippen molar-refractivity contribution in [3.05, 3.63) is 64.5 Å². The Labute approximate surface area is 174 Å². The van der Waals surface area contributed by atoms with E-state index in [-0.39, 0.29) is 22.5 Å². The molecule has 3 heterocycles. The van der Waals surface area contributed by atoms with Gasteiger partial charge in [-0.05, 0) is 43.0 Å². The second kappa shape index (κ2) is 7.32. The maximum Gasteiger partial charge on any atom is 0.416 e. The van der Waals surface area contributed by atoms with E-state index in [1.165, 1.54) is 48.0 Å². The number of aryl methyl sites for hydroxylation is 1. The second-order valence-electron chi connectivity index (χ2n) is 6.67. The van der Waals surface area contributed by atoms with Gasteiger partial charge in [0.25, 0.3) is 5.91 Å². The number of rotatable bonds is 3. The molecule has 0 bridgehead atoms. The van der Waals surface area contributed by atoms with E-state index in [2.05, 4.69) is 9.97 Å². The van der Waals surface area contributed by atoms with Crippen molar-refractivity contribution in [3.8, 4) is 11.5 Å². The van der Waals surface area contributed by atoms with Gasteiger partial charge in [-0.1, -0.05) is 30.0 Å². The molecular weight excluding hydrogens is 415 g/mol. The van der Waals surface area contributed by atoms with E-state index >= 15 is 0 Å². The first-order valence-corrected chi connectivity index (χ1v) is 10.1. The zero-order chi connectivity index (χ0) is 21.6. The van der Waals surface area contributed by atoms with Crippen LogP contribution < -0.4 is 0 Å². The molecule has 0 radical (unpaired) electrons. The lowest BCUT2D eigenvalue weighted by atomic mass is 10.0. The standard InChI is InChI=1S/C21H16F3N3O2S/c1-11-8-9-15(29-11)18-16-17(25-20(26-18)30-3)14(27(2)19(16)28)10-12-6-4-5-7-13(12)21(22,23)24/h4-10H,1-3H3/b14-10-. The molecule has 0 N–H and O–H groups in total. The van der Waals surface area contributed by atoms with Gasteiger partial charge in [0.1, 0.15) is 17.1 Å². The largest absolute Gasteiger partial charge is 0.460 e. The summed E-state index contributed by atoms with van der Waals surface area (Å²) >= 11 is 1.27. The van der Waals surface area contributed by atoms with Gasteiger partial charge >= 0.3 is 6.18 Å². The van der Waals surface area contributed by atoms with Crippen LogP contribution in [-0.4, -0.2) is 34.1 Å². The zero-order valence-electron chi connectivity index (χ0n) is 16.2. The van der Waals surface area contributed by atoms with Gasteiger partial charge < -0.3 is 9.32 Å². The van der Waals surface area contributed by atoms with E-state index in [4.69, 9.17) is 4.42 Å². The molecule has 0 aliphatic carbocycles. The maximum atomic E-state index is 13.4. The topological polar surface area (TPSA) is 59.2 Å². The van der Waals surface area contributed by atoms with Crippen LogP contribution in [0.3, 0.4) is 0 Å². The van der Waals surface area contributed by atoms with Crippen molar-refractivity contribution in [3.63, 3.8) is 0 Å². The number of hydrogen-bond acceptors (Lipinski definition) is 5. The first-order valence-electron chi connectivity index (χ1n) is 8.90. The number of hydrogen-bond donors (Lipinski definition) is 0. The Kier molecular flexibility index (Phi) is 4.93. The zero-order valence-corrected chi connectivity index (χ0v) is 17.1. The third-order valence-electron chi connectivity index (χ3n) is 4.73. The first kappa shape index (κ1) is 20.2. The summed E-state index contributed by atoms with van der Waals surface area (Å²) in [6, 6.07) is 8.67. The van der Waals surface area contributed by atoms with Crippen molar-refractivity contribution in [2.24, 2.45) is 0 Å². The molecular formula is C21H16F3N3O2S. The SMILES string of the molecule is CSc1nc2c(c(-c3ccc(C)o3)n1)C(=O)N(C)/C2=C\c1ccccc1C(F)(F)F. The highest BCUT2D eigenvalue weighted by atomic mass is 32.2. The van der Waals surface area contributed by atoms with E-state index in [0.29, 0.717) is 22.4 Å². The minimum atomic E-state index is -4.52. The molecule has 154 valence electrons. The van der Waals surface area contributed by atoms with Crippen molar-refractivity contribution in [1.82, 2.24) is 14.9 Å². The Morgan fingerprint density at radius 2 is 1.80 bits per heavy atom. The summed E-state index contributed by atoms with van der Waals surface area (Å²) in [4.78, 5) is 23.2. The summed E-state index contributed by atoms with van der Waals surface area (Å²) in [7, 11) is 1.50. The number of furan rings is 1. The Morgan fingerprint density at radius 1 is 1.10 bits per heavy atom. The lowest BCUT2D eigenvalue weighted by Gasteiger charge is -2.14. The van der Waals surface area contributed by atoms with Gasteiger partial charge in [0.05, 0.1) is 16.8 Å². The Morgan fingerprint density at radius 3 is 2.43 bits per heavy atom. The van der Waals surface area contributed by atoms with Crippen LogP contribution in [0.25, 0.3) is 23.2 Å². The molecule has 0 fully saturated rings. The predicted octanol–water partition coefficient (Wildman–Crippen LogP) is 5.37. The van der Waals surface area contributed by atoms with E-state index in [0.717, 1.165) is 6.07 Å². The summed E-state index contributed by atoms with van der Waals surface area (Å²) in [6.45, 7) is 1.77. The fourth-order valence-electron chi connectivity index (χ4n) is 3.29. The van der Waals surface area contributed by atoms with Gasteiger partial charge in [-0.3, -0.25) is 4.79 Å². The second-order valence-corrected chi connectivity index (χ2v) is 7.44. The van der Waals surface area contributed by atoms with E-state index in [9.17, 15) is 18.0 Å². The number of thioether (sulfide) groups is 1. The summed E-state index contributed by atoms with van der Waals surface area (Å²) in [5.41, 5.74) is 0.249. The highest BCUT2D eigenvalue weighted by Gasteiger charge is 2.38. The van der Waals surface area contributed by atoms with Crippen LogP contribution in [-0.2, 0) is 6.18 Å². The van der Waals surface area contributed by atoms with Crippen molar-refractivity contribution < 1.29 is 22.4 Å². The highest BCUT2D eigenvalue weighted by Crippen LogP contribution is 2.40. The molecule has 1 amide bonds. The van der Waals surface area contributed by atoms with Crippen LogP contribution in [0, 0.1) is 6.92 Å². The molecule has 2 aromatic heterocycles. The fourth-order valence-corrected chi connectivity index (χ4v) is 3.65. The summed E-state index contributed by atoms with van der Waals surface area (Å²) in [5.74, 6) is 0.648. The van der Waals surface area contributed by atoms with Gasteiger partial charge in [-0.25, -0.2) is 9.97 Å². The Hall–Kier alpha value is -3.07. The van der Waals surface area contributed by atoms with Gasteiger partial charge in [0.15, 0.2) is 10.9 Å². The molecule has 0 saturated carbocycles.